The van der Waals surface area contributed by atoms with Gasteiger partial charge in [0.15, 0.2) is 11.5 Å². The number of rotatable bonds is 4. The summed E-state index contributed by atoms with van der Waals surface area (Å²) in [6, 6.07) is 13.2. The van der Waals surface area contributed by atoms with E-state index in [1.165, 1.54) is 0 Å². The molecule has 2 unspecified atom stereocenters. The molecule has 0 saturated carbocycles. The first-order valence-electron chi connectivity index (χ1n) is 10.0. The van der Waals surface area contributed by atoms with Gasteiger partial charge in [-0.25, -0.2) is 0 Å². The molecule has 0 bridgehead atoms. The maximum absolute atomic E-state index is 11.5. The fraction of sp³-hybridized carbons (Fsp3) is 0.478. The maximum Gasteiger partial charge on any atom is 0.162 e. The molecule has 0 amide bonds. The third-order valence-electron chi connectivity index (χ3n) is 6.22. The van der Waals surface area contributed by atoms with Crippen LogP contribution in [0, 0.1) is 5.41 Å². The molecule has 2 heterocycles. The molecule has 1 N–H and O–H groups in total. The van der Waals surface area contributed by atoms with Crippen LogP contribution < -0.4 is 9.47 Å². The van der Waals surface area contributed by atoms with Crippen molar-refractivity contribution in [3.05, 3.63) is 58.1 Å². The number of fused-ring (bicyclic) bond motifs is 1. The number of benzene rings is 2. The lowest BCUT2D eigenvalue weighted by Gasteiger charge is -2.51. The van der Waals surface area contributed by atoms with Gasteiger partial charge in [0, 0.05) is 47.6 Å². The zero-order valence-electron chi connectivity index (χ0n) is 16.8. The van der Waals surface area contributed by atoms with Gasteiger partial charge in [-0.15, -0.1) is 0 Å². The summed E-state index contributed by atoms with van der Waals surface area (Å²) in [5.41, 5.74) is 0.0916. The second-order valence-corrected chi connectivity index (χ2v) is 9.72. The number of hydrogen-bond acceptors (Lipinski definition) is 4. The standard InChI is InChI=1S/C23H27Cl2NO3/c1-22(2)15-26(10-9-23(22,27)12-16-3-5-17(24)6-4-16)13-19-14-28-21-11-18(25)7-8-20(21)29-19/h3-8,11,19,27H,9-10,12-15H2,1-2H3. The SMILES string of the molecule is CC1(C)CN(CC2COc3cc(Cl)ccc3O2)CCC1(O)Cc1ccc(Cl)cc1. The van der Waals surface area contributed by atoms with Crippen molar-refractivity contribution in [3.63, 3.8) is 0 Å². The first kappa shape index (κ1) is 20.8. The van der Waals surface area contributed by atoms with Gasteiger partial charge in [-0.1, -0.05) is 49.2 Å². The fourth-order valence-electron chi connectivity index (χ4n) is 4.36. The van der Waals surface area contributed by atoms with E-state index < -0.39 is 5.60 Å². The van der Waals surface area contributed by atoms with Gasteiger partial charge in [0.25, 0.3) is 0 Å². The molecule has 156 valence electrons. The Hall–Kier alpha value is -1.46. The van der Waals surface area contributed by atoms with Crippen LogP contribution >= 0.6 is 23.2 Å². The van der Waals surface area contributed by atoms with Gasteiger partial charge in [-0.05, 0) is 36.2 Å². The quantitative estimate of drug-likeness (QED) is 0.745. The van der Waals surface area contributed by atoms with Crippen LogP contribution in [0.25, 0.3) is 0 Å². The Labute approximate surface area is 182 Å². The van der Waals surface area contributed by atoms with Crippen LogP contribution in [-0.4, -0.2) is 48.0 Å². The Balaban J connectivity index is 1.39. The van der Waals surface area contributed by atoms with Crippen LogP contribution in [0.15, 0.2) is 42.5 Å². The van der Waals surface area contributed by atoms with Crippen LogP contribution in [0.3, 0.4) is 0 Å². The molecule has 4 rings (SSSR count). The number of halogens is 2. The van der Waals surface area contributed by atoms with E-state index in [1.54, 1.807) is 6.07 Å². The molecule has 4 nitrogen and oxygen atoms in total. The van der Waals surface area contributed by atoms with Crippen molar-refractivity contribution in [1.29, 1.82) is 0 Å². The number of piperidine rings is 1. The molecule has 1 fully saturated rings. The lowest BCUT2D eigenvalue weighted by atomic mass is 9.67. The topological polar surface area (TPSA) is 41.9 Å². The van der Waals surface area contributed by atoms with Crippen molar-refractivity contribution in [2.75, 3.05) is 26.2 Å². The summed E-state index contributed by atoms with van der Waals surface area (Å²) in [6.45, 7) is 7.17. The first-order chi connectivity index (χ1) is 13.7. The van der Waals surface area contributed by atoms with E-state index in [0.29, 0.717) is 35.2 Å². The predicted octanol–water partition coefficient (Wildman–Crippen LogP) is 4.84. The van der Waals surface area contributed by atoms with Crippen molar-refractivity contribution in [1.82, 2.24) is 4.90 Å². The van der Waals surface area contributed by atoms with E-state index >= 15 is 0 Å². The predicted molar refractivity (Wildman–Crippen MR) is 116 cm³/mol. The van der Waals surface area contributed by atoms with E-state index in [2.05, 4.69) is 18.7 Å². The van der Waals surface area contributed by atoms with Crippen molar-refractivity contribution < 1.29 is 14.6 Å². The molecular weight excluding hydrogens is 409 g/mol. The summed E-state index contributed by atoms with van der Waals surface area (Å²) in [6.07, 6.45) is 1.30. The molecule has 0 spiro atoms. The van der Waals surface area contributed by atoms with Gasteiger partial charge in [0.05, 0.1) is 5.60 Å². The minimum absolute atomic E-state index is 0.0399. The molecule has 2 aliphatic rings. The third-order valence-corrected chi connectivity index (χ3v) is 6.70. The Morgan fingerprint density at radius 3 is 2.52 bits per heavy atom. The van der Waals surface area contributed by atoms with Gasteiger partial charge in [0.1, 0.15) is 12.7 Å². The number of hydrogen-bond donors (Lipinski definition) is 1. The van der Waals surface area contributed by atoms with Gasteiger partial charge < -0.3 is 14.6 Å². The molecule has 29 heavy (non-hydrogen) atoms. The highest BCUT2D eigenvalue weighted by Crippen LogP contribution is 2.41. The number of aliphatic hydroxyl groups is 1. The van der Waals surface area contributed by atoms with Gasteiger partial charge in [0.2, 0.25) is 0 Å². The van der Waals surface area contributed by atoms with E-state index in [1.807, 2.05) is 36.4 Å². The third kappa shape index (κ3) is 4.51. The Morgan fingerprint density at radius 1 is 1.07 bits per heavy atom. The lowest BCUT2D eigenvalue weighted by molar-refractivity contribution is -0.122. The van der Waals surface area contributed by atoms with Crippen molar-refractivity contribution >= 4 is 23.2 Å². The van der Waals surface area contributed by atoms with Gasteiger partial charge in [-0.3, -0.25) is 4.90 Å². The molecular formula is C23H27Cl2NO3. The number of likely N-dealkylation sites (tertiary alicyclic amines) is 1. The second-order valence-electron chi connectivity index (χ2n) is 8.85. The Bertz CT molecular complexity index is 871. The Morgan fingerprint density at radius 2 is 1.79 bits per heavy atom. The summed E-state index contributed by atoms with van der Waals surface area (Å²) in [5, 5.41) is 12.8. The zero-order chi connectivity index (χ0) is 20.6. The summed E-state index contributed by atoms with van der Waals surface area (Å²) in [4.78, 5) is 2.37. The van der Waals surface area contributed by atoms with Crippen LogP contribution in [0.1, 0.15) is 25.8 Å². The molecule has 0 radical (unpaired) electrons. The van der Waals surface area contributed by atoms with Gasteiger partial charge >= 0.3 is 0 Å². The first-order valence-corrected chi connectivity index (χ1v) is 10.8. The summed E-state index contributed by atoms with van der Waals surface area (Å²) >= 11 is 12.0. The van der Waals surface area contributed by atoms with Crippen molar-refractivity contribution in [3.8, 4) is 11.5 Å². The molecule has 2 atom stereocenters. The molecule has 0 aromatic heterocycles. The molecule has 2 aromatic rings. The van der Waals surface area contributed by atoms with E-state index in [0.717, 1.165) is 30.9 Å². The monoisotopic (exact) mass is 435 g/mol. The summed E-state index contributed by atoms with van der Waals surface area (Å²) in [5.74, 6) is 1.44. The molecule has 2 aromatic carbocycles. The number of ether oxygens (including phenoxy) is 2. The highest BCUT2D eigenvalue weighted by atomic mass is 35.5. The summed E-state index contributed by atoms with van der Waals surface area (Å²) in [7, 11) is 0. The normalized spacial score (nSPS) is 26.3. The number of nitrogens with zero attached hydrogens (tertiary/aromatic N) is 1. The van der Waals surface area contributed by atoms with Gasteiger partial charge in [-0.2, -0.15) is 0 Å². The molecule has 1 saturated heterocycles. The average molecular weight is 436 g/mol. The minimum atomic E-state index is -0.759. The highest BCUT2D eigenvalue weighted by Gasteiger charge is 2.47. The molecule has 6 heteroatoms. The van der Waals surface area contributed by atoms with Crippen LogP contribution in [0.2, 0.25) is 10.0 Å². The van der Waals surface area contributed by atoms with E-state index in [9.17, 15) is 5.11 Å². The zero-order valence-corrected chi connectivity index (χ0v) is 18.3. The Kier molecular flexibility index (Phi) is 5.73. The van der Waals surface area contributed by atoms with Crippen molar-refractivity contribution in [2.24, 2.45) is 5.41 Å². The van der Waals surface area contributed by atoms with Crippen LogP contribution in [0.5, 0.6) is 11.5 Å². The van der Waals surface area contributed by atoms with Crippen LogP contribution in [-0.2, 0) is 6.42 Å². The second kappa shape index (κ2) is 7.99. The lowest BCUT2D eigenvalue weighted by Crippen LogP contribution is -2.59. The molecule has 2 aliphatic heterocycles. The van der Waals surface area contributed by atoms with Crippen LogP contribution in [0.4, 0.5) is 0 Å². The molecule has 0 aliphatic carbocycles. The summed E-state index contributed by atoms with van der Waals surface area (Å²) < 4.78 is 12.0. The largest absolute Gasteiger partial charge is 0.486 e. The smallest absolute Gasteiger partial charge is 0.162 e. The maximum atomic E-state index is 11.5. The average Bonchev–Trinajstić information content (AvgIpc) is 2.67. The minimum Gasteiger partial charge on any atom is -0.486 e. The van der Waals surface area contributed by atoms with Crippen molar-refractivity contribution in [2.45, 2.75) is 38.4 Å². The highest BCUT2D eigenvalue weighted by molar-refractivity contribution is 6.31. The van der Waals surface area contributed by atoms with E-state index in [4.69, 9.17) is 32.7 Å². The fourth-order valence-corrected chi connectivity index (χ4v) is 4.64. The van der Waals surface area contributed by atoms with E-state index in [-0.39, 0.29) is 11.5 Å².